The molecule has 0 atom stereocenters. The summed E-state index contributed by atoms with van der Waals surface area (Å²) in [4.78, 5) is 49.4. The number of H-pyrrole nitrogens is 1. The molecule has 9 heteroatoms. The second-order valence-electron chi connectivity index (χ2n) is 8.09. The van der Waals surface area contributed by atoms with Gasteiger partial charge in [-0.25, -0.2) is 9.78 Å². The number of piperidine rings is 1. The van der Waals surface area contributed by atoms with Crippen molar-refractivity contribution in [2.45, 2.75) is 45.7 Å². The minimum atomic E-state index is -0.320. The number of nitrogens with one attached hydrogen (secondary N) is 1. The lowest BCUT2D eigenvalue weighted by Crippen LogP contribution is -2.43. The van der Waals surface area contributed by atoms with Crippen LogP contribution in [0.25, 0.3) is 0 Å². The van der Waals surface area contributed by atoms with Gasteiger partial charge >= 0.3 is 5.69 Å². The first kappa shape index (κ1) is 19.6. The Hall–Kier alpha value is -2.68. The van der Waals surface area contributed by atoms with E-state index >= 15 is 0 Å². The first-order valence-electron chi connectivity index (χ1n) is 10.2. The molecule has 0 bridgehead atoms. The molecule has 2 aromatic rings. The number of aromatic amines is 1. The standard InChI is InChI=1S/C20H28N6O3/c1-13-15(18(28)24(3)20(29)23(13)2)11-25-10-7-14-16(12-25)21-19(22-17(14)27)26-8-5-4-6-9-26/h4-12H2,1-3H3,(H,21,22,27). The van der Waals surface area contributed by atoms with E-state index in [0.29, 0.717) is 43.3 Å². The quantitative estimate of drug-likeness (QED) is 0.781. The van der Waals surface area contributed by atoms with E-state index in [9.17, 15) is 14.4 Å². The van der Waals surface area contributed by atoms with Gasteiger partial charge in [0.15, 0.2) is 0 Å². The van der Waals surface area contributed by atoms with Gasteiger partial charge in [0.05, 0.1) is 11.3 Å². The predicted molar refractivity (Wildman–Crippen MR) is 110 cm³/mol. The number of rotatable bonds is 3. The van der Waals surface area contributed by atoms with Gasteiger partial charge in [-0.2, -0.15) is 0 Å². The van der Waals surface area contributed by atoms with E-state index in [0.717, 1.165) is 41.8 Å². The van der Waals surface area contributed by atoms with E-state index < -0.39 is 0 Å². The zero-order valence-electron chi connectivity index (χ0n) is 17.3. The second-order valence-corrected chi connectivity index (χ2v) is 8.09. The van der Waals surface area contributed by atoms with E-state index in [1.54, 1.807) is 14.0 Å². The van der Waals surface area contributed by atoms with Crippen molar-refractivity contribution in [1.29, 1.82) is 0 Å². The molecule has 2 aliphatic rings. The van der Waals surface area contributed by atoms with Crippen molar-refractivity contribution >= 4 is 5.95 Å². The molecular formula is C20H28N6O3. The van der Waals surface area contributed by atoms with Crippen molar-refractivity contribution < 1.29 is 0 Å². The molecule has 1 saturated heterocycles. The maximum absolute atomic E-state index is 12.6. The van der Waals surface area contributed by atoms with E-state index in [2.05, 4.69) is 14.8 Å². The van der Waals surface area contributed by atoms with Gasteiger partial charge in [0, 0.05) is 58.1 Å². The van der Waals surface area contributed by atoms with Crippen molar-refractivity contribution in [3.63, 3.8) is 0 Å². The van der Waals surface area contributed by atoms with Crippen LogP contribution in [0.3, 0.4) is 0 Å². The molecular weight excluding hydrogens is 372 g/mol. The summed E-state index contributed by atoms with van der Waals surface area (Å²) < 4.78 is 2.66. The summed E-state index contributed by atoms with van der Waals surface area (Å²) in [5.41, 5.74) is 2.19. The summed E-state index contributed by atoms with van der Waals surface area (Å²) in [5, 5.41) is 0. The fourth-order valence-electron chi connectivity index (χ4n) is 4.29. The molecule has 0 unspecified atom stereocenters. The Labute approximate surface area is 168 Å². The second kappa shape index (κ2) is 7.62. The zero-order valence-corrected chi connectivity index (χ0v) is 17.3. The smallest absolute Gasteiger partial charge is 0.330 e. The molecule has 4 heterocycles. The first-order chi connectivity index (χ1) is 13.9. The summed E-state index contributed by atoms with van der Waals surface area (Å²) >= 11 is 0. The van der Waals surface area contributed by atoms with Crippen LogP contribution >= 0.6 is 0 Å². The van der Waals surface area contributed by atoms with Gasteiger partial charge in [0.2, 0.25) is 5.95 Å². The van der Waals surface area contributed by atoms with Gasteiger partial charge in [0.1, 0.15) is 0 Å². The van der Waals surface area contributed by atoms with Gasteiger partial charge in [-0.3, -0.25) is 24.0 Å². The van der Waals surface area contributed by atoms with E-state index in [1.807, 2.05) is 0 Å². The van der Waals surface area contributed by atoms with Crippen molar-refractivity contribution in [3.8, 4) is 0 Å². The van der Waals surface area contributed by atoms with Gasteiger partial charge in [-0.1, -0.05) is 0 Å². The van der Waals surface area contributed by atoms with Crippen molar-refractivity contribution in [1.82, 2.24) is 24.0 Å². The molecule has 156 valence electrons. The maximum Gasteiger partial charge on any atom is 0.330 e. The van der Waals surface area contributed by atoms with Gasteiger partial charge in [-0.15, -0.1) is 0 Å². The summed E-state index contributed by atoms with van der Waals surface area (Å²) in [6.07, 6.45) is 4.04. The highest BCUT2D eigenvalue weighted by molar-refractivity contribution is 5.35. The Kier molecular flexibility index (Phi) is 5.16. The molecule has 0 radical (unpaired) electrons. The molecule has 1 N–H and O–H groups in total. The van der Waals surface area contributed by atoms with Crippen LogP contribution in [-0.4, -0.2) is 43.6 Å². The Morgan fingerprint density at radius 2 is 1.72 bits per heavy atom. The maximum atomic E-state index is 12.6. The van der Waals surface area contributed by atoms with E-state index in [1.165, 1.54) is 18.0 Å². The lowest BCUT2D eigenvalue weighted by molar-refractivity contribution is 0.237. The number of fused-ring (bicyclic) bond motifs is 1. The average Bonchev–Trinajstić information content (AvgIpc) is 2.74. The molecule has 2 aromatic heterocycles. The van der Waals surface area contributed by atoms with Gasteiger partial charge in [-0.05, 0) is 32.6 Å². The minimum absolute atomic E-state index is 0.0515. The molecule has 0 spiro atoms. The summed E-state index contributed by atoms with van der Waals surface area (Å²) in [6, 6.07) is 0. The highest BCUT2D eigenvalue weighted by atomic mass is 16.2. The Balaban J connectivity index is 1.62. The van der Waals surface area contributed by atoms with Crippen LogP contribution in [0.2, 0.25) is 0 Å². The number of hydrogen-bond donors (Lipinski definition) is 1. The first-order valence-corrected chi connectivity index (χ1v) is 10.2. The number of anilines is 1. The number of nitrogens with zero attached hydrogens (tertiary/aromatic N) is 5. The third-order valence-electron chi connectivity index (χ3n) is 6.25. The Morgan fingerprint density at radius 1 is 1.00 bits per heavy atom. The summed E-state index contributed by atoms with van der Waals surface area (Å²) in [7, 11) is 3.18. The van der Waals surface area contributed by atoms with Crippen LogP contribution in [0.5, 0.6) is 0 Å². The summed E-state index contributed by atoms with van der Waals surface area (Å²) in [5.74, 6) is 0.657. The van der Waals surface area contributed by atoms with Crippen LogP contribution in [0.15, 0.2) is 14.4 Å². The van der Waals surface area contributed by atoms with Gasteiger partial charge < -0.3 is 9.47 Å². The molecule has 0 aliphatic carbocycles. The van der Waals surface area contributed by atoms with Crippen LogP contribution < -0.4 is 21.7 Å². The SMILES string of the molecule is Cc1c(CN2CCc3c(nc(N4CCCCC4)[nH]c3=O)C2)c(=O)n(C)c(=O)n1C. The predicted octanol–water partition coefficient (Wildman–Crippen LogP) is 0.0243. The van der Waals surface area contributed by atoms with Crippen molar-refractivity contribution in [2.75, 3.05) is 24.5 Å². The molecule has 4 rings (SSSR count). The topological polar surface area (TPSA) is 96.2 Å². The molecule has 29 heavy (non-hydrogen) atoms. The van der Waals surface area contributed by atoms with Crippen molar-refractivity contribution in [2.24, 2.45) is 14.1 Å². The average molecular weight is 400 g/mol. The van der Waals surface area contributed by atoms with Crippen LogP contribution in [0.1, 0.15) is 41.8 Å². The lowest BCUT2D eigenvalue weighted by Gasteiger charge is -2.31. The van der Waals surface area contributed by atoms with Crippen LogP contribution in [-0.2, 0) is 33.6 Å². The molecule has 0 amide bonds. The largest absolute Gasteiger partial charge is 0.342 e. The number of aromatic nitrogens is 4. The van der Waals surface area contributed by atoms with E-state index in [4.69, 9.17) is 4.98 Å². The van der Waals surface area contributed by atoms with E-state index in [-0.39, 0.29) is 16.8 Å². The number of hydrogen-bond acceptors (Lipinski definition) is 6. The molecule has 0 saturated carbocycles. The molecule has 2 aliphatic heterocycles. The van der Waals surface area contributed by atoms with Crippen LogP contribution in [0.4, 0.5) is 5.95 Å². The fourth-order valence-corrected chi connectivity index (χ4v) is 4.29. The third-order valence-corrected chi connectivity index (χ3v) is 6.25. The highest BCUT2D eigenvalue weighted by Gasteiger charge is 2.25. The Morgan fingerprint density at radius 3 is 2.45 bits per heavy atom. The Bertz CT molecular complexity index is 1110. The highest BCUT2D eigenvalue weighted by Crippen LogP contribution is 2.20. The molecule has 0 aromatic carbocycles. The summed E-state index contributed by atoms with van der Waals surface area (Å²) in [6.45, 7) is 5.25. The lowest BCUT2D eigenvalue weighted by atomic mass is 10.1. The van der Waals surface area contributed by atoms with Crippen LogP contribution in [0, 0.1) is 6.92 Å². The minimum Gasteiger partial charge on any atom is -0.342 e. The third kappa shape index (κ3) is 3.55. The normalized spacial score (nSPS) is 17.4. The monoisotopic (exact) mass is 400 g/mol. The molecule has 1 fully saturated rings. The van der Waals surface area contributed by atoms with Gasteiger partial charge in [0.25, 0.3) is 11.1 Å². The van der Waals surface area contributed by atoms with Crippen molar-refractivity contribution in [3.05, 3.63) is 53.7 Å². The fraction of sp³-hybridized carbons (Fsp3) is 0.600. The zero-order chi connectivity index (χ0) is 20.7. The molecule has 9 nitrogen and oxygen atoms in total.